The van der Waals surface area contributed by atoms with Gasteiger partial charge in [0.25, 0.3) is 5.91 Å². The lowest BCUT2D eigenvalue weighted by molar-refractivity contribution is 0.0785. The number of thiophene rings is 1. The minimum Gasteiger partial charge on any atom is -0.337 e. The molecule has 0 bridgehead atoms. The fourth-order valence-corrected chi connectivity index (χ4v) is 3.31. The third-order valence-corrected chi connectivity index (χ3v) is 4.45. The van der Waals surface area contributed by atoms with Gasteiger partial charge in [-0.3, -0.25) is 4.79 Å². The number of nitrogens with zero attached hydrogens (tertiary/aromatic N) is 2. The van der Waals surface area contributed by atoms with Crippen molar-refractivity contribution in [1.29, 1.82) is 0 Å². The third-order valence-electron chi connectivity index (χ3n) is 2.92. The van der Waals surface area contributed by atoms with Crippen LogP contribution in [-0.4, -0.2) is 22.8 Å². The molecular formula is C14H12N2OS2. The second-order valence-corrected chi connectivity index (χ2v) is 5.99. The predicted molar refractivity (Wildman–Crippen MR) is 79.7 cm³/mol. The van der Waals surface area contributed by atoms with Crippen molar-refractivity contribution in [2.45, 2.75) is 6.54 Å². The van der Waals surface area contributed by atoms with Crippen molar-refractivity contribution in [2.24, 2.45) is 0 Å². The van der Waals surface area contributed by atoms with E-state index in [1.165, 1.54) is 5.56 Å². The zero-order valence-corrected chi connectivity index (χ0v) is 12.0. The summed E-state index contributed by atoms with van der Waals surface area (Å²) in [6.07, 6.45) is 0. The van der Waals surface area contributed by atoms with Crippen LogP contribution in [0.4, 0.5) is 0 Å². The van der Waals surface area contributed by atoms with Crippen LogP contribution in [0.5, 0.6) is 0 Å². The molecule has 96 valence electrons. The highest BCUT2D eigenvalue weighted by Crippen LogP contribution is 2.20. The number of benzene rings is 1. The van der Waals surface area contributed by atoms with Gasteiger partial charge in [-0.25, -0.2) is 4.98 Å². The van der Waals surface area contributed by atoms with Gasteiger partial charge >= 0.3 is 0 Å². The lowest BCUT2D eigenvalue weighted by Crippen LogP contribution is -2.25. The van der Waals surface area contributed by atoms with Gasteiger partial charge in [0.2, 0.25) is 0 Å². The zero-order chi connectivity index (χ0) is 13.2. The molecule has 0 unspecified atom stereocenters. The first-order valence-corrected chi connectivity index (χ1v) is 7.66. The highest BCUT2D eigenvalue weighted by Gasteiger charge is 2.13. The first-order valence-electron chi connectivity index (χ1n) is 5.84. The molecule has 0 radical (unpaired) electrons. The molecule has 0 N–H and O–H groups in total. The summed E-state index contributed by atoms with van der Waals surface area (Å²) in [4.78, 5) is 18.3. The summed E-state index contributed by atoms with van der Waals surface area (Å²) in [6.45, 7) is 0.642. The van der Waals surface area contributed by atoms with Gasteiger partial charge in [0.05, 0.1) is 15.7 Å². The number of thiazole rings is 1. The summed E-state index contributed by atoms with van der Waals surface area (Å²) in [7, 11) is 1.83. The lowest BCUT2D eigenvalue weighted by Gasteiger charge is -2.16. The molecule has 0 atom stereocenters. The molecule has 0 aliphatic rings. The van der Waals surface area contributed by atoms with E-state index in [4.69, 9.17) is 0 Å². The van der Waals surface area contributed by atoms with E-state index >= 15 is 0 Å². The fourth-order valence-electron chi connectivity index (χ4n) is 1.94. The summed E-state index contributed by atoms with van der Waals surface area (Å²) >= 11 is 3.20. The first kappa shape index (κ1) is 12.3. The summed E-state index contributed by atoms with van der Waals surface area (Å²) < 4.78 is 1.05. The molecule has 0 saturated heterocycles. The second-order valence-electron chi connectivity index (χ2n) is 4.33. The van der Waals surface area contributed by atoms with E-state index in [1.54, 1.807) is 33.1 Å². The van der Waals surface area contributed by atoms with Gasteiger partial charge in [0.1, 0.15) is 0 Å². The summed E-state index contributed by atoms with van der Waals surface area (Å²) in [5.74, 6) is 0.0431. The van der Waals surface area contributed by atoms with Gasteiger partial charge in [-0.15, -0.1) is 11.3 Å². The minimum absolute atomic E-state index is 0.0431. The van der Waals surface area contributed by atoms with E-state index in [-0.39, 0.29) is 5.91 Å². The van der Waals surface area contributed by atoms with Crippen molar-refractivity contribution < 1.29 is 4.79 Å². The minimum atomic E-state index is 0.0431. The van der Waals surface area contributed by atoms with Gasteiger partial charge in [-0.1, -0.05) is 0 Å². The number of rotatable bonds is 3. The van der Waals surface area contributed by atoms with Crippen LogP contribution in [0.15, 0.2) is 40.5 Å². The van der Waals surface area contributed by atoms with Crippen molar-refractivity contribution in [3.05, 3.63) is 51.7 Å². The van der Waals surface area contributed by atoms with E-state index in [2.05, 4.69) is 10.4 Å². The maximum Gasteiger partial charge on any atom is 0.253 e. The molecule has 1 aromatic carbocycles. The molecule has 0 fully saturated rings. The summed E-state index contributed by atoms with van der Waals surface area (Å²) in [6, 6.07) is 7.70. The summed E-state index contributed by atoms with van der Waals surface area (Å²) in [5, 5.41) is 4.09. The van der Waals surface area contributed by atoms with Crippen molar-refractivity contribution in [3.8, 4) is 0 Å². The van der Waals surface area contributed by atoms with Crippen molar-refractivity contribution >= 4 is 38.8 Å². The molecule has 2 heterocycles. The van der Waals surface area contributed by atoms with Gasteiger partial charge in [0, 0.05) is 19.2 Å². The number of fused-ring (bicyclic) bond motifs is 1. The smallest absolute Gasteiger partial charge is 0.253 e. The molecule has 3 aromatic rings. The van der Waals surface area contributed by atoms with E-state index < -0.39 is 0 Å². The molecule has 1 amide bonds. The van der Waals surface area contributed by atoms with E-state index in [0.717, 1.165) is 15.8 Å². The highest BCUT2D eigenvalue weighted by atomic mass is 32.1. The lowest BCUT2D eigenvalue weighted by atomic mass is 10.2. The van der Waals surface area contributed by atoms with Crippen LogP contribution in [0.2, 0.25) is 0 Å². The van der Waals surface area contributed by atoms with Crippen LogP contribution in [0.1, 0.15) is 15.9 Å². The highest BCUT2D eigenvalue weighted by molar-refractivity contribution is 7.16. The molecule has 0 spiro atoms. The molecular weight excluding hydrogens is 276 g/mol. The standard InChI is InChI=1S/C14H12N2OS2/c1-16(7-10-4-5-18-8-10)14(17)11-2-3-12-13(6-11)19-9-15-12/h2-6,8-9H,7H2,1H3. The number of hydrogen-bond acceptors (Lipinski definition) is 4. The SMILES string of the molecule is CN(Cc1ccsc1)C(=O)c1ccc2ncsc2c1. The Morgan fingerprint density at radius 3 is 3.05 bits per heavy atom. The van der Waals surface area contributed by atoms with Gasteiger partial charge in [0.15, 0.2) is 0 Å². The molecule has 2 aromatic heterocycles. The Kier molecular flexibility index (Phi) is 3.31. The van der Waals surface area contributed by atoms with Crippen LogP contribution >= 0.6 is 22.7 Å². The second kappa shape index (κ2) is 5.11. The Hall–Kier alpha value is -1.72. The Morgan fingerprint density at radius 1 is 1.37 bits per heavy atom. The Balaban J connectivity index is 1.82. The van der Waals surface area contributed by atoms with Gasteiger partial charge in [-0.2, -0.15) is 11.3 Å². The van der Waals surface area contributed by atoms with Gasteiger partial charge in [-0.05, 0) is 40.6 Å². The average molecular weight is 288 g/mol. The fraction of sp³-hybridized carbons (Fsp3) is 0.143. The quantitative estimate of drug-likeness (QED) is 0.737. The normalized spacial score (nSPS) is 10.8. The Morgan fingerprint density at radius 2 is 2.26 bits per heavy atom. The van der Waals surface area contributed by atoms with Crippen molar-refractivity contribution in [1.82, 2.24) is 9.88 Å². The molecule has 5 heteroatoms. The maximum absolute atomic E-state index is 12.3. The number of carbonyl (C=O) groups is 1. The molecule has 19 heavy (non-hydrogen) atoms. The number of aromatic nitrogens is 1. The monoisotopic (exact) mass is 288 g/mol. The Labute approximate surface area is 119 Å². The molecule has 0 aliphatic carbocycles. The summed E-state index contributed by atoms with van der Waals surface area (Å²) in [5.41, 5.74) is 4.63. The third kappa shape index (κ3) is 2.52. The number of hydrogen-bond donors (Lipinski definition) is 0. The van der Waals surface area contributed by atoms with Crippen molar-refractivity contribution in [2.75, 3.05) is 7.05 Å². The number of carbonyl (C=O) groups excluding carboxylic acids is 1. The van der Waals surface area contributed by atoms with Gasteiger partial charge < -0.3 is 4.90 Å². The first-order chi connectivity index (χ1) is 9.24. The van der Waals surface area contributed by atoms with Crippen LogP contribution in [-0.2, 0) is 6.54 Å². The van der Waals surface area contributed by atoms with E-state index in [0.29, 0.717) is 6.54 Å². The van der Waals surface area contributed by atoms with Crippen LogP contribution < -0.4 is 0 Å². The molecule has 3 rings (SSSR count). The van der Waals surface area contributed by atoms with E-state index in [9.17, 15) is 4.79 Å². The average Bonchev–Trinajstić information content (AvgIpc) is 3.07. The molecule has 0 saturated carbocycles. The largest absolute Gasteiger partial charge is 0.337 e. The van der Waals surface area contributed by atoms with Crippen LogP contribution in [0.25, 0.3) is 10.2 Å². The molecule has 0 aliphatic heterocycles. The maximum atomic E-state index is 12.3. The zero-order valence-electron chi connectivity index (χ0n) is 10.4. The van der Waals surface area contributed by atoms with Crippen LogP contribution in [0.3, 0.4) is 0 Å². The predicted octanol–water partition coefficient (Wildman–Crippen LogP) is 3.63. The number of amides is 1. The topological polar surface area (TPSA) is 33.2 Å². The van der Waals surface area contributed by atoms with Crippen molar-refractivity contribution in [3.63, 3.8) is 0 Å². The van der Waals surface area contributed by atoms with E-state index in [1.807, 2.05) is 36.7 Å². The Bertz CT molecular complexity index is 703. The van der Waals surface area contributed by atoms with Crippen LogP contribution in [0, 0.1) is 0 Å². The molecule has 3 nitrogen and oxygen atoms in total.